The zero-order chi connectivity index (χ0) is 15.0. The summed E-state index contributed by atoms with van der Waals surface area (Å²) in [7, 11) is 1.75. The highest BCUT2D eigenvalue weighted by molar-refractivity contribution is 6.39. The molecule has 0 saturated heterocycles. The lowest BCUT2D eigenvalue weighted by atomic mass is 10.0. The van der Waals surface area contributed by atoms with Crippen molar-refractivity contribution in [3.8, 4) is 22.6 Å². The van der Waals surface area contributed by atoms with Crippen LogP contribution in [0.3, 0.4) is 0 Å². The van der Waals surface area contributed by atoms with Crippen molar-refractivity contribution in [3.05, 3.63) is 46.7 Å². The monoisotopic (exact) mass is 319 g/mol. The van der Waals surface area contributed by atoms with E-state index in [2.05, 4.69) is 15.1 Å². The number of nitrogen functional groups attached to an aromatic ring is 1. The molecule has 2 aromatic heterocycles. The second-order valence-electron chi connectivity index (χ2n) is 4.40. The van der Waals surface area contributed by atoms with Crippen LogP contribution in [0.1, 0.15) is 0 Å². The zero-order valence-electron chi connectivity index (χ0n) is 11.1. The van der Waals surface area contributed by atoms with E-state index in [0.29, 0.717) is 38.5 Å². The highest BCUT2D eigenvalue weighted by Gasteiger charge is 2.22. The van der Waals surface area contributed by atoms with E-state index in [1.54, 1.807) is 48.4 Å². The molecule has 0 bridgehead atoms. The van der Waals surface area contributed by atoms with Crippen molar-refractivity contribution in [1.82, 2.24) is 19.7 Å². The van der Waals surface area contributed by atoms with Gasteiger partial charge < -0.3 is 5.73 Å². The lowest BCUT2D eigenvalue weighted by Gasteiger charge is -2.08. The number of hydrogen-bond donors (Lipinski definition) is 1. The van der Waals surface area contributed by atoms with Crippen molar-refractivity contribution < 1.29 is 0 Å². The molecule has 0 saturated carbocycles. The summed E-state index contributed by atoms with van der Waals surface area (Å²) >= 11 is 12.6. The predicted octanol–water partition coefficient (Wildman–Crippen LogP) is 3.43. The van der Waals surface area contributed by atoms with Crippen LogP contribution in [-0.4, -0.2) is 19.7 Å². The van der Waals surface area contributed by atoms with Gasteiger partial charge in [0, 0.05) is 25.0 Å². The smallest absolute Gasteiger partial charge is 0.180 e. The minimum Gasteiger partial charge on any atom is -0.383 e. The Morgan fingerprint density at radius 2 is 1.62 bits per heavy atom. The number of rotatable bonds is 2. The van der Waals surface area contributed by atoms with Crippen LogP contribution in [0, 0.1) is 0 Å². The van der Waals surface area contributed by atoms with Gasteiger partial charge >= 0.3 is 0 Å². The average molecular weight is 320 g/mol. The molecular weight excluding hydrogens is 309 g/mol. The van der Waals surface area contributed by atoms with Crippen LogP contribution in [0.15, 0.2) is 36.7 Å². The molecule has 0 spiro atoms. The molecule has 0 fully saturated rings. The lowest BCUT2D eigenvalue weighted by Crippen LogP contribution is -1.98. The summed E-state index contributed by atoms with van der Waals surface area (Å²) < 4.78 is 1.56. The Labute approximate surface area is 131 Å². The van der Waals surface area contributed by atoms with E-state index in [0.717, 1.165) is 0 Å². The summed E-state index contributed by atoms with van der Waals surface area (Å²) in [5.74, 6) is 0.920. The minimum absolute atomic E-state index is 0.451. The van der Waals surface area contributed by atoms with Crippen LogP contribution in [-0.2, 0) is 7.05 Å². The largest absolute Gasteiger partial charge is 0.383 e. The molecule has 106 valence electrons. The fourth-order valence-corrected chi connectivity index (χ4v) is 2.68. The maximum Gasteiger partial charge on any atom is 0.180 e. The third-order valence-corrected chi connectivity index (χ3v) is 3.71. The summed E-state index contributed by atoms with van der Waals surface area (Å²) in [6, 6.07) is 7.02. The second-order valence-corrected chi connectivity index (χ2v) is 5.22. The molecule has 0 aliphatic carbocycles. The number of nitrogens with zero attached hydrogens (tertiary/aromatic N) is 4. The first kappa shape index (κ1) is 13.9. The summed E-state index contributed by atoms with van der Waals surface area (Å²) in [6.45, 7) is 0. The third kappa shape index (κ3) is 2.34. The minimum atomic E-state index is 0.451. The number of halogens is 2. The van der Waals surface area contributed by atoms with E-state index >= 15 is 0 Å². The number of benzene rings is 1. The predicted molar refractivity (Wildman–Crippen MR) is 84.1 cm³/mol. The number of aromatic nitrogens is 4. The molecule has 0 aliphatic heterocycles. The van der Waals surface area contributed by atoms with Crippen molar-refractivity contribution in [2.45, 2.75) is 0 Å². The van der Waals surface area contributed by atoms with E-state index in [9.17, 15) is 0 Å². The van der Waals surface area contributed by atoms with Gasteiger partial charge in [-0.2, -0.15) is 5.10 Å². The van der Waals surface area contributed by atoms with Crippen LogP contribution in [0.5, 0.6) is 0 Å². The van der Waals surface area contributed by atoms with E-state index in [4.69, 9.17) is 28.9 Å². The fraction of sp³-hybridized carbons (Fsp3) is 0.0714. The third-order valence-electron chi connectivity index (χ3n) is 3.08. The molecule has 1 aromatic carbocycles. The van der Waals surface area contributed by atoms with Gasteiger partial charge in [-0.3, -0.25) is 4.68 Å². The van der Waals surface area contributed by atoms with Gasteiger partial charge in [0.05, 0.1) is 15.6 Å². The second kappa shape index (κ2) is 5.35. The molecular formula is C14H11Cl2N5. The summed E-state index contributed by atoms with van der Waals surface area (Å²) in [6.07, 6.45) is 3.29. The zero-order valence-corrected chi connectivity index (χ0v) is 12.6. The number of nitrogens with two attached hydrogens (primary N) is 1. The van der Waals surface area contributed by atoms with Gasteiger partial charge in [-0.15, -0.1) is 0 Å². The van der Waals surface area contributed by atoms with Gasteiger partial charge in [-0.1, -0.05) is 29.3 Å². The number of hydrogen-bond acceptors (Lipinski definition) is 4. The first-order valence-corrected chi connectivity index (χ1v) is 6.89. The summed E-state index contributed by atoms with van der Waals surface area (Å²) in [4.78, 5) is 8.44. The molecule has 2 N–H and O–H groups in total. The normalized spacial score (nSPS) is 10.8. The van der Waals surface area contributed by atoms with Crippen LogP contribution in [0.2, 0.25) is 10.0 Å². The van der Waals surface area contributed by atoms with E-state index in [-0.39, 0.29) is 0 Å². The van der Waals surface area contributed by atoms with Gasteiger partial charge in [0.15, 0.2) is 5.82 Å². The Kier molecular flexibility index (Phi) is 3.53. The van der Waals surface area contributed by atoms with Gasteiger partial charge in [0.1, 0.15) is 11.5 Å². The van der Waals surface area contributed by atoms with E-state index in [1.165, 1.54) is 0 Å². The molecule has 3 aromatic rings. The molecule has 0 amide bonds. The molecule has 5 nitrogen and oxygen atoms in total. The highest BCUT2D eigenvalue weighted by Crippen LogP contribution is 2.42. The number of anilines is 1. The molecule has 0 atom stereocenters. The SMILES string of the molecule is Cn1nc(-c2ncccn2)c(-c2c(Cl)cccc2Cl)c1N. The number of aryl methyl sites for hydroxylation is 1. The Morgan fingerprint density at radius 1 is 1.00 bits per heavy atom. The van der Waals surface area contributed by atoms with E-state index in [1.807, 2.05) is 0 Å². The maximum absolute atomic E-state index is 6.29. The Bertz CT molecular complexity index is 778. The molecule has 2 heterocycles. The van der Waals surface area contributed by atoms with Crippen molar-refractivity contribution in [3.63, 3.8) is 0 Å². The maximum atomic E-state index is 6.29. The molecule has 3 rings (SSSR count). The van der Waals surface area contributed by atoms with Crippen LogP contribution < -0.4 is 5.73 Å². The quantitative estimate of drug-likeness (QED) is 0.785. The Balaban J connectivity index is 2.33. The van der Waals surface area contributed by atoms with Crippen molar-refractivity contribution >= 4 is 29.0 Å². The van der Waals surface area contributed by atoms with Gasteiger partial charge in [0.2, 0.25) is 0 Å². The summed E-state index contributed by atoms with van der Waals surface area (Å²) in [5, 5.41) is 5.39. The molecule has 0 radical (unpaired) electrons. The van der Waals surface area contributed by atoms with Gasteiger partial charge in [-0.25, -0.2) is 9.97 Å². The standard InChI is InChI=1S/C14H11Cl2N5/c1-21-13(17)11(10-8(15)4-2-5-9(10)16)12(20-21)14-18-6-3-7-19-14/h2-7H,17H2,1H3. The molecule has 0 aliphatic rings. The highest BCUT2D eigenvalue weighted by atomic mass is 35.5. The Hall–Kier alpha value is -2.11. The summed E-state index contributed by atoms with van der Waals surface area (Å²) in [5.41, 5.74) is 7.96. The molecule has 0 unspecified atom stereocenters. The van der Waals surface area contributed by atoms with E-state index < -0.39 is 0 Å². The first-order chi connectivity index (χ1) is 10.1. The lowest BCUT2D eigenvalue weighted by molar-refractivity contribution is 0.780. The molecule has 7 heteroatoms. The van der Waals surface area contributed by atoms with Gasteiger partial charge in [-0.05, 0) is 18.2 Å². The average Bonchev–Trinajstić information content (AvgIpc) is 2.77. The van der Waals surface area contributed by atoms with Crippen molar-refractivity contribution in [1.29, 1.82) is 0 Å². The first-order valence-electron chi connectivity index (χ1n) is 6.14. The topological polar surface area (TPSA) is 69.6 Å². The van der Waals surface area contributed by atoms with Crippen molar-refractivity contribution in [2.75, 3.05) is 5.73 Å². The van der Waals surface area contributed by atoms with Crippen LogP contribution in [0.25, 0.3) is 22.6 Å². The molecule has 21 heavy (non-hydrogen) atoms. The van der Waals surface area contributed by atoms with Crippen molar-refractivity contribution in [2.24, 2.45) is 7.05 Å². The van der Waals surface area contributed by atoms with Crippen LogP contribution in [0.4, 0.5) is 5.82 Å². The van der Waals surface area contributed by atoms with Gasteiger partial charge in [0.25, 0.3) is 0 Å². The Morgan fingerprint density at radius 3 is 2.24 bits per heavy atom. The fourth-order valence-electron chi connectivity index (χ4n) is 2.10. The van der Waals surface area contributed by atoms with Crippen LogP contribution >= 0.6 is 23.2 Å².